The largest absolute Gasteiger partial charge is 0.341 e. The van der Waals surface area contributed by atoms with Crippen LogP contribution in [0.2, 0.25) is 0 Å². The molecule has 0 saturated carbocycles. The summed E-state index contributed by atoms with van der Waals surface area (Å²) in [6, 6.07) is 2.51. The summed E-state index contributed by atoms with van der Waals surface area (Å²) in [5.41, 5.74) is 2.32. The van der Waals surface area contributed by atoms with Crippen molar-refractivity contribution < 1.29 is 4.79 Å². The smallest absolute Gasteiger partial charge is 0.222 e. The van der Waals surface area contributed by atoms with E-state index in [0.717, 1.165) is 12.0 Å². The number of aromatic nitrogens is 1. The first kappa shape index (κ1) is 16.0. The molecular formula is C17H27N3O. The monoisotopic (exact) mass is 289 g/mol. The van der Waals surface area contributed by atoms with Gasteiger partial charge < -0.3 is 9.80 Å². The van der Waals surface area contributed by atoms with Crippen molar-refractivity contribution in [3.63, 3.8) is 0 Å². The second-order valence-electron chi connectivity index (χ2n) is 6.18. The number of amides is 1. The van der Waals surface area contributed by atoms with E-state index < -0.39 is 0 Å². The molecule has 0 spiro atoms. The van der Waals surface area contributed by atoms with Gasteiger partial charge in [0.2, 0.25) is 5.91 Å². The lowest BCUT2D eigenvalue weighted by Gasteiger charge is -2.24. The molecule has 1 unspecified atom stereocenters. The van der Waals surface area contributed by atoms with E-state index in [2.05, 4.69) is 16.8 Å². The Morgan fingerprint density at radius 2 is 2.14 bits per heavy atom. The van der Waals surface area contributed by atoms with E-state index in [4.69, 9.17) is 0 Å². The van der Waals surface area contributed by atoms with Crippen LogP contribution in [0, 0.1) is 6.92 Å². The maximum absolute atomic E-state index is 12.3. The maximum atomic E-state index is 12.3. The molecule has 2 heterocycles. The van der Waals surface area contributed by atoms with Crippen LogP contribution in [-0.2, 0) is 11.3 Å². The number of rotatable bonds is 6. The zero-order valence-corrected chi connectivity index (χ0v) is 13.5. The molecule has 1 aliphatic rings. The molecule has 0 N–H and O–H groups in total. The van der Waals surface area contributed by atoms with E-state index in [-0.39, 0.29) is 5.91 Å². The molecule has 0 aliphatic carbocycles. The van der Waals surface area contributed by atoms with Gasteiger partial charge in [0.15, 0.2) is 0 Å². The van der Waals surface area contributed by atoms with Crippen LogP contribution in [0.1, 0.15) is 43.7 Å². The number of pyridine rings is 1. The van der Waals surface area contributed by atoms with Crippen molar-refractivity contribution in [1.82, 2.24) is 14.8 Å². The molecule has 0 aromatic carbocycles. The summed E-state index contributed by atoms with van der Waals surface area (Å²) >= 11 is 0. The van der Waals surface area contributed by atoms with Crippen molar-refractivity contribution in [2.45, 2.75) is 52.1 Å². The fraction of sp³-hybridized carbons (Fsp3) is 0.647. The molecule has 4 heteroatoms. The van der Waals surface area contributed by atoms with Crippen LogP contribution in [-0.4, -0.2) is 46.9 Å². The highest BCUT2D eigenvalue weighted by atomic mass is 16.2. The van der Waals surface area contributed by atoms with Gasteiger partial charge >= 0.3 is 0 Å². The van der Waals surface area contributed by atoms with Crippen molar-refractivity contribution in [2.24, 2.45) is 0 Å². The summed E-state index contributed by atoms with van der Waals surface area (Å²) in [5.74, 6) is 0.234. The van der Waals surface area contributed by atoms with Crippen molar-refractivity contribution in [1.29, 1.82) is 0 Å². The Kier molecular flexibility index (Phi) is 5.74. The van der Waals surface area contributed by atoms with Gasteiger partial charge in [-0.1, -0.05) is 0 Å². The van der Waals surface area contributed by atoms with Crippen LogP contribution in [0.5, 0.6) is 0 Å². The predicted molar refractivity (Wildman–Crippen MR) is 85.0 cm³/mol. The van der Waals surface area contributed by atoms with E-state index in [1.807, 2.05) is 31.1 Å². The first-order chi connectivity index (χ1) is 10.1. The van der Waals surface area contributed by atoms with Gasteiger partial charge in [0.25, 0.3) is 0 Å². The Morgan fingerprint density at radius 1 is 1.43 bits per heavy atom. The summed E-state index contributed by atoms with van der Waals surface area (Å²) in [6.45, 7) is 7.34. The van der Waals surface area contributed by atoms with E-state index in [1.54, 1.807) is 6.20 Å². The zero-order chi connectivity index (χ0) is 15.2. The molecule has 1 aromatic rings. The number of hydrogen-bond donors (Lipinski definition) is 0. The molecule has 1 amide bonds. The first-order valence-corrected chi connectivity index (χ1v) is 7.95. The Balaban J connectivity index is 1.78. The average molecular weight is 289 g/mol. The summed E-state index contributed by atoms with van der Waals surface area (Å²) in [5, 5.41) is 0. The molecule has 1 fully saturated rings. The highest BCUT2D eigenvalue weighted by molar-refractivity contribution is 5.75. The molecule has 1 saturated heterocycles. The lowest BCUT2D eigenvalue weighted by atomic mass is 10.1. The van der Waals surface area contributed by atoms with Crippen LogP contribution in [0.25, 0.3) is 0 Å². The van der Waals surface area contributed by atoms with Crippen molar-refractivity contribution in [3.05, 3.63) is 29.6 Å². The van der Waals surface area contributed by atoms with Gasteiger partial charge in [0.1, 0.15) is 0 Å². The lowest BCUT2D eigenvalue weighted by molar-refractivity contribution is -0.130. The highest BCUT2D eigenvalue weighted by Crippen LogP contribution is 2.16. The van der Waals surface area contributed by atoms with Gasteiger partial charge in [-0.3, -0.25) is 9.78 Å². The summed E-state index contributed by atoms with van der Waals surface area (Å²) in [6.07, 6.45) is 7.84. The Hall–Kier alpha value is -1.42. The molecular weight excluding hydrogens is 262 g/mol. The molecule has 0 bridgehead atoms. The zero-order valence-electron chi connectivity index (χ0n) is 13.5. The maximum Gasteiger partial charge on any atom is 0.222 e. The molecule has 1 atom stereocenters. The topological polar surface area (TPSA) is 36.4 Å². The van der Waals surface area contributed by atoms with Gasteiger partial charge in [0, 0.05) is 38.4 Å². The van der Waals surface area contributed by atoms with Crippen molar-refractivity contribution in [3.8, 4) is 0 Å². The van der Waals surface area contributed by atoms with Crippen LogP contribution in [0.3, 0.4) is 0 Å². The number of aryl methyl sites for hydroxylation is 1. The molecule has 0 radical (unpaired) electrons. The van der Waals surface area contributed by atoms with Gasteiger partial charge in [-0.25, -0.2) is 0 Å². The third-order valence-corrected chi connectivity index (χ3v) is 4.51. The summed E-state index contributed by atoms with van der Waals surface area (Å²) in [4.78, 5) is 20.7. The van der Waals surface area contributed by atoms with Crippen molar-refractivity contribution in [2.75, 3.05) is 20.1 Å². The van der Waals surface area contributed by atoms with Crippen LogP contribution < -0.4 is 0 Å². The Bertz CT molecular complexity index is 469. The van der Waals surface area contributed by atoms with Crippen molar-refractivity contribution >= 4 is 5.91 Å². The quantitative estimate of drug-likeness (QED) is 0.807. The van der Waals surface area contributed by atoms with E-state index in [9.17, 15) is 4.79 Å². The number of carbonyl (C=O) groups is 1. The Morgan fingerprint density at radius 3 is 2.81 bits per heavy atom. The third kappa shape index (κ3) is 4.53. The minimum absolute atomic E-state index is 0.234. The SMILES string of the molecule is Cc1cnccc1CN(C)C(=O)CCC(C)N1CCCC1. The van der Waals surface area contributed by atoms with Crippen LogP contribution in [0.15, 0.2) is 18.5 Å². The van der Waals surface area contributed by atoms with E-state index in [1.165, 1.54) is 31.5 Å². The second kappa shape index (κ2) is 7.55. The van der Waals surface area contributed by atoms with Gasteiger partial charge in [-0.15, -0.1) is 0 Å². The molecule has 21 heavy (non-hydrogen) atoms. The summed E-state index contributed by atoms with van der Waals surface area (Å²) in [7, 11) is 1.89. The number of nitrogens with zero attached hydrogens (tertiary/aromatic N) is 3. The summed E-state index contributed by atoms with van der Waals surface area (Å²) < 4.78 is 0. The van der Waals surface area contributed by atoms with Gasteiger partial charge in [-0.05, 0) is 63.4 Å². The number of hydrogen-bond acceptors (Lipinski definition) is 3. The fourth-order valence-electron chi connectivity index (χ4n) is 2.91. The normalized spacial score (nSPS) is 16.9. The Labute approximate surface area is 128 Å². The molecule has 1 aromatic heterocycles. The standard InChI is InChI=1S/C17H27N3O/c1-14-12-18-9-8-16(14)13-19(3)17(21)7-6-15(2)20-10-4-5-11-20/h8-9,12,15H,4-7,10-11,13H2,1-3H3. The third-order valence-electron chi connectivity index (χ3n) is 4.51. The average Bonchev–Trinajstić information content (AvgIpc) is 3.01. The molecule has 1 aliphatic heterocycles. The molecule has 2 rings (SSSR count). The highest BCUT2D eigenvalue weighted by Gasteiger charge is 2.19. The first-order valence-electron chi connectivity index (χ1n) is 7.95. The number of carbonyl (C=O) groups excluding carboxylic acids is 1. The van der Waals surface area contributed by atoms with E-state index in [0.29, 0.717) is 19.0 Å². The predicted octanol–water partition coefficient (Wildman–Crippen LogP) is 2.61. The van der Waals surface area contributed by atoms with Gasteiger partial charge in [0.05, 0.1) is 0 Å². The minimum atomic E-state index is 0.234. The lowest BCUT2D eigenvalue weighted by Crippen LogP contribution is -2.32. The fourth-order valence-corrected chi connectivity index (χ4v) is 2.91. The number of likely N-dealkylation sites (tertiary alicyclic amines) is 1. The van der Waals surface area contributed by atoms with Crippen LogP contribution in [0.4, 0.5) is 0 Å². The molecule has 4 nitrogen and oxygen atoms in total. The molecule has 116 valence electrons. The minimum Gasteiger partial charge on any atom is -0.341 e. The van der Waals surface area contributed by atoms with E-state index >= 15 is 0 Å². The second-order valence-corrected chi connectivity index (χ2v) is 6.18. The van der Waals surface area contributed by atoms with Gasteiger partial charge in [-0.2, -0.15) is 0 Å². The van der Waals surface area contributed by atoms with Crippen LogP contribution >= 0.6 is 0 Å².